The Bertz CT molecular complexity index is 541. The third-order valence-electron chi connectivity index (χ3n) is 5.44. The van der Waals surface area contributed by atoms with Gasteiger partial charge in [0.15, 0.2) is 11.5 Å². The van der Waals surface area contributed by atoms with Gasteiger partial charge in [-0.15, -0.1) is 0 Å². The van der Waals surface area contributed by atoms with E-state index in [2.05, 4.69) is 0 Å². The van der Waals surface area contributed by atoms with Crippen molar-refractivity contribution in [2.24, 2.45) is 5.73 Å². The Hall–Kier alpha value is -1.42. The molecule has 0 radical (unpaired) electrons. The largest absolute Gasteiger partial charge is 0.492 e. The number of nitrogens with two attached hydrogens (primary N) is 1. The van der Waals surface area contributed by atoms with Crippen LogP contribution in [0.15, 0.2) is 0 Å². The summed E-state index contributed by atoms with van der Waals surface area (Å²) in [4.78, 5) is 0. The molecule has 1 saturated carbocycles. The van der Waals surface area contributed by atoms with Crippen LogP contribution in [0, 0.1) is 0 Å². The van der Waals surface area contributed by atoms with Gasteiger partial charge in [0.2, 0.25) is 0 Å². The number of methoxy groups -OCH3 is 1. The number of hydrogen-bond donors (Lipinski definition) is 1. The molecular formula is C17H23NO3. The molecule has 0 atom stereocenters. The highest BCUT2D eigenvalue weighted by atomic mass is 16.5. The van der Waals surface area contributed by atoms with Crippen LogP contribution in [0.25, 0.3) is 0 Å². The Kier molecular flexibility index (Phi) is 3.03. The maximum atomic E-state index is 6.23. The Balaban J connectivity index is 1.99. The van der Waals surface area contributed by atoms with E-state index < -0.39 is 0 Å². The standard InChI is InChI=1S/C17H23NO3/c1-19-15-12-5-9-20-14(12)13(11-4-8-21-16(11)15)17(10-18)6-2-3-7-17/h2-10,18H2,1H3. The average molecular weight is 289 g/mol. The van der Waals surface area contributed by atoms with E-state index in [1.807, 2.05) is 0 Å². The van der Waals surface area contributed by atoms with Gasteiger partial charge in [0.25, 0.3) is 0 Å². The second kappa shape index (κ2) is 4.80. The van der Waals surface area contributed by atoms with Crippen LogP contribution in [-0.4, -0.2) is 26.9 Å². The summed E-state index contributed by atoms with van der Waals surface area (Å²) in [5.41, 5.74) is 10.1. The molecule has 2 aliphatic heterocycles. The average Bonchev–Trinajstić information content (AvgIpc) is 3.24. The van der Waals surface area contributed by atoms with Crippen LogP contribution in [0.4, 0.5) is 0 Å². The third kappa shape index (κ3) is 1.71. The molecule has 4 heteroatoms. The predicted molar refractivity (Wildman–Crippen MR) is 80.6 cm³/mol. The lowest BCUT2D eigenvalue weighted by molar-refractivity contribution is 0.323. The second-order valence-corrected chi connectivity index (χ2v) is 6.41. The summed E-state index contributed by atoms with van der Waals surface area (Å²) in [5, 5.41) is 0. The number of benzene rings is 1. The van der Waals surface area contributed by atoms with E-state index in [0.717, 1.165) is 56.1 Å². The van der Waals surface area contributed by atoms with Gasteiger partial charge in [-0.1, -0.05) is 12.8 Å². The SMILES string of the molecule is COc1c2c(c(C3(CN)CCCC3)c3c1OCC3)OCC2. The molecule has 0 bridgehead atoms. The van der Waals surface area contributed by atoms with Crippen LogP contribution in [0.2, 0.25) is 0 Å². The van der Waals surface area contributed by atoms with Crippen LogP contribution in [0.1, 0.15) is 42.4 Å². The van der Waals surface area contributed by atoms with Crippen molar-refractivity contribution in [2.45, 2.75) is 43.9 Å². The van der Waals surface area contributed by atoms with Crippen molar-refractivity contribution in [3.8, 4) is 17.2 Å². The molecule has 0 amide bonds. The molecule has 4 nitrogen and oxygen atoms in total. The van der Waals surface area contributed by atoms with Gasteiger partial charge in [0.05, 0.1) is 20.3 Å². The minimum absolute atomic E-state index is 0.0818. The lowest BCUT2D eigenvalue weighted by atomic mass is 9.74. The fraction of sp³-hybridized carbons (Fsp3) is 0.647. The highest BCUT2D eigenvalue weighted by Gasteiger charge is 2.43. The molecule has 0 aromatic heterocycles. The topological polar surface area (TPSA) is 53.7 Å². The zero-order chi connectivity index (χ0) is 14.4. The van der Waals surface area contributed by atoms with Crippen molar-refractivity contribution in [1.82, 2.24) is 0 Å². The summed E-state index contributed by atoms with van der Waals surface area (Å²) >= 11 is 0. The Labute approximate surface area is 125 Å². The lowest BCUT2D eigenvalue weighted by Gasteiger charge is -2.32. The van der Waals surface area contributed by atoms with Gasteiger partial charge in [-0.2, -0.15) is 0 Å². The van der Waals surface area contributed by atoms with Gasteiger partial charge < -0.3 is 19.9 Å². The molecule has 0 unspecified atom stereocenters. The first kappa shape index (κ1) is 13.3. The summed E-state index contributed by atoms with van der Waals surface area (Å²) in [6.45, 7) is 2.17. The predicted octanol–water partition coefficient (Wildman–Crippen LogP) is 2.34. The van der Waals surface area contributed by atoms with Crippen molar-refractivity contribution >= 4 is 0 Å². The first-order valence-corrected chi connectivity index (χ1v) is 8.02. The molecule has 1 aliphatic carbocycles. The molecule has 114 valence electrons. The number of fused-ring (bicyclic) bond motifs is 2. The Morgan fingerprint density at radius 2 is 1.71 bits per heavy atom. The summed E-state index contributed by atoms with van der Waals surface area (Å²) in [5.74, 6) is 2.91. The normalized spacial score (nSPS) is 21.6. The van der Waals surface area contributed by atoms with Gasteiger partial charge in [0, 0.05) is 41.5 Å². The second-order valence-electron chi connectivity index (χ2n) is 6.41. The van der Waals surface area contributed by atoms with Crippen LogP contribution in [-0.2, 0) is 18.3 Å². The molecular weight excluding hydrogens is 266 g/mol. The highest BCUT2D eigenvalue weighted by molar-refractivity contribution is 5.67. The molecule has 0 spiro atoms. The first-order valence-electron chi connectivity index (χ1n) is 8.02. The first-order chi connectivity index (χ1) is 10.3. The van der Waals surface area contributed by atoms with E-state index >= 15 is 0 Å². The van der Waals surface area contributed by atoms with Gasteiger partial charge in [-0.05, 0) is 12.8 Å². The third-order valence-corrected chi connectivity index (χ3v) is 5.44. The molecule has 1 fully saturated rings. The fourth-order valence-corrected chi connectivity index (χ4v) is 4.45. The molecule has 2 heterocycles. The van der Waals surface area contributed by atoms with Crippen molar-refractivity contribution < 1.29 is 14.2 Å². The van der Waals surface area contributed by atoms with Gasteiger partial charge in [-0.25, -0.2) is 0 Å². The minimum atomic E-state index is 0.0818. The summed E-state index contributed by atoms with van der Waals surface area (Å²) in [7, 11) is 1.73. The van der Waals surface area contributed by atoms with Crippen LogP contribution >= 0.6 is 0 Å². The van der Waals surface area contributed by atoms with Crippen LogP contribution in [0.3, 0.4) is 0 Å². The zero-order valence-corrected chi connectivity index (χ0v) is 12.7. The lowest BCUT2D eigenvalue weighted by Crippen LogP contribution is -2.33. The van der Waals surface area contributed by atoms with Crippen LogP contribution in [0.5, 0.6) is 17.2 Å². The Morgan fingerprint density at radius 1 is 1.05 bits per heavy atom. The van der Waals surface area contributed by atoms with Gasteiger partial charge >= 0.3 is 0 Å². The van der Waals surface area contributed by atoms with E-state index in [4.69, 9.17) is 19.9 Å². The van der Waals surface area contributed by atoms with Crippen molar-refractivity contribution in [3.05, 3.63) is 16.7 Å². The monoisotopic (exact) mass is 289 g/mol. The molecule has 0 saturated heterocycles. The van der Waals surface area contributed by atoms with E-state index in [1.165, 1.54) is 29.5 Å². The van der Waals surface area contributed by atoms with E-state index in [1.54, 1.807) is 7.11 Å². The number of hydrogen-bond acceptors (Lipinski definition) is 4. The quantitative estimate of drug-likeness (QED) is 0.928. The zero-order valence-electron chi connectivity index (χ0n) is 12.7. The summed E-state index contributed by atoms with van der Waals surface area (Å²) in [6.07, 6.45) is 6.69. The van der Waals surface area contributed by atoms with Crippen molar-refractivity contribution in [1.29, 1.82) is 0 Å². The Morgan fingerprint density at radius 3 is 2.38 bits per heavy atom. The molecule has 4 rings (SSSR count). The van der Waals surface area contributed by atoms with E-state index in [0.29, 0.717) is 6.54 Å². The molecule has 3 aliphatic rings. The summed E-state index contributed by atoms with van der Waals surface area (Å²) in [6, 6.07) is 0. The smallest absolute Gasteiger partial charge is 0.168 e. The van der Waals surface area contributed by atoms with E-state index in [-0.39, 0.29) is 5.41 Å². The van der Waals surface area contributed by atoms with Crippen molar-refractivity contribution in [2.75, 3.05) is 26.9 Å². The number of ether oxygens (including phenoxy) is 3. The van der Waals surface area contributed by atoms with Crippen molar-refractivity contribution in [3.63, 3.8) is 0 Å². The molecule has 21 heavy (non-hydrogen) atoms. The maximum Gasteiger partial charge on any atom is 0.168 e. The summed E-state index contributed by atoms with van der Waals surface area (Å²) < 4.78 is 17.6. The van der Waals surface area contributed by atoms with Gasteiger partial charge in [-0.3, -0.25) is 0 Å². The number of rotatable bonds is 3. The van der Waals surface area contributed by atoms with Crippen LogP contribution < -0.4 is 19.9 Å². The maximum absolute atomic E-state index is 6.23. The van der Waals surface area contributed by atoms with Gasteiger partial charge in [0.1, 0.15) is 5.75 Å². The molecule has 1 aromatic rings. The highest BCUT2D eigenvalue weighted by Crippen LogP contribution is 2.55. The fourth-order valence-electron chi connectivity index (χ4n) is 4.45. The van der Waals surface area contributed by atoms with E-state index in [9.17, 15) is 0 Å². The molecule has 2 N–H and O–H groups in total. The molecule has 1 aromatic carbocycles. The minimum Gasteiger partial charge on any atom is -0.492 e.